The second-order valence-corrected chi connectivity index (χ2v) is 11.0. The molecule has 0 aliphatic heterocycles. The number of benzene rings is 2. The van der Waals surface area contributed by atoms with Crippen molar-refractivity contribution in [3.63, 3.8) is 0 Å². The van der Waals surface area contributed by atoms with Crippen molar-refractivity contribution in [1.82, 2.24) is 19.7 Å². The molecule has 0 atom stereocenters. The van der Waals surface area contributed by atoms with Crippen LogP contribution in [0.3, 0.4) is 0 Å². The molecule has 6 nitrogen and oxygen atoms in total. The van der Waals surface area contributed by atoms with Crippen LogP contribution < -0.4 is 5.32 Å². The highest BCUT2D eigenvalue weighted by Gasteiger charge is 2.31. The number of halogens is 5. The topological polar surface area (TPSA) is 72.7 Å². The zero-order valence-electron chi connectivity index (χ0n) is 18.9. The number of aromatic nitrogens is 4. The first-order chi connectivity index (χ1) is 17.6. The third-order valence-corrected chi connectivity index (χ3v) is 7.78. The van der Waals surface area contributed by atoms with Crippen molar-refractivity contribution in [2.45, 2.75) is 24.3 Å². The first-order valence-electron chi connectivity index (χ1n) is 10.7. The Morgan fingerprint density at radius 1 is 1.22 bits per heavy atom. The highest BCUT2D eigenvalue weighted by Crippen LogP contribution is 2.33. The summed E-state index contributed by atoms with van der Waals surface area (Å²) >= 11 is 11.9. The summed E-state index contributed by atoms with van der Waals surface area (Å²) in [4.78, 5) is 17.4. The summed E-state index contributed by atoms with van der Waals surface area (Å²) in [6, 6.07) is 10.9. The van der Waals surface area contributed by atoms with Crippen LogP contribution in [0.1, 0.15) is 16.0 Å². The van der Waals surface area contributed by atoms with Gasteiger partial charge >= 0.3 is 6.18 Å². The molecule has 2 aromatic carbocycles. The number of hydrogen-bond acceptors (Lipinski definition) is 6. The Morgan fingerprint density at radius 2 is 1.97 bits per heavy atom. The minimum Gasteiger partial charge on any atom is -0.301 e. The molecule has 13 heteroatoms. The van der Waals surface area contributed by atoms with E-state index in [9.17, 15) is 18.0 Å². The Bertz CT molecular complexity index is 1420. The fourth-order valence-electron chi connectivity index (χ4n) is 3.31. The average Bonchev–Trinajstić information content (AvgIpc) is 3.46. The predicted molar refractivity (Wildman–Crippen MR) is 144 cm³/mol. The van der Waals surface area contributed by atoms with Crippen molar-refractivity contribution >= 4 is 61.7 Å². The summed E-state index contributed by atoms with van der Waals surface area (Å²) < 4.78 is 41.9. The number of allylic oxidation sites excluding steroid dienone is 1. The lowest BCUT2D eigenvalue weighted by atomic mass is 10.1. The smallest absolute Gasteiger partial charge is 0.301 e. The van der Waals surface area contributed by atoms with Crippen molar-refractivity contribution in [3.8, 4) is 11.4 Å². The van der Waals surface area contributed by atoms with Gasteiger partial charge in [0.15, 0.2) is 16.1 Å². The van der Waals surface area contributed by atoms with Crippen molar-refractivity contribution in [1.29, 1.82) is 0 Å². The molecule has 0 saturated carbocycles. The molecule has 0 spiro atoms. The van der Waals surface area contributed by atoms with E-state index in [4.69, 9.17) is 11.6 Å². The standard InChI is InChI=1S/C24H18BrClF3N5OS2/c1-2-9-34-21(14-3-6-17(25)7-4-14)32-33-23(34)36-13-20(35)31-22-30-12-18(37-22)11-15-10-16(24(27,28)29)5-8-19(15)26/h2-8,10,12H,1,9,11,13H2,(H,30,31,35). The minimum absolute atomic E-state index is 0.0595. The van der Waals surface area contributed by atoms with Gasteiger partial charge in [0.1, 0.15) is 0 Å². The number of nitrogens with zero attached hydrogens (tertiary/aromatic N) is 4. The summed E-state index contributed by atoms with van der Waals surface area (Å²) in [5, 5.41) is 12.4. The van der Waals surface area contributed by atoms with Crippen LogP contribution in [-0.4, -0.2) is 31.4 Å². The van der Waals surface area contributed by atoms with E-state index in [1.165, 1.54) is 35.4 Å². The molecule has 1 N–H and O–H groups in total. The second-order valence-electron chi connectivity index (χ2n) is 7.66. The molecule has 1 amide bonds. The number of carbonyl (C=O) groups excluding carboxylic acids is 1. The van der Waals surface area contributed by atoms with Crippen molar-refractivity contribution in [2.24, 2.45) is 0 Å². The number of thiazole rings is 1. The van der Waals surface area contributed by atoms with Gasteiger partial charge in [-0.2, -0.15) is 13.2 Å². The number of amides is 1. The molecular formula is C24H18BrClF3N5OS2. The van der Waals surface area contributed by atoms with Crippen molar-refractivity contribution < 1.29 is 18.0 Å². The molecule has 37 heavy (non-hydrogen) atoms. The number of anilines is 1. The fraction of sp³-hybridized carbons (Fsp3) is 0.167. The minimum atomic E-state index is -4.46. The van der Waals surface area contributed by atoms with Gasteiger partial charge in [0.25, 0.3) is 0 Å². The van der Waals surface area contributed by atoms with Gasteiger partial charge in [-0.1, -0.05) is 57.5 Å². The Hall–Kier alpha value is -2.67. The number of hydrogen-bond donors (Lipinski definition) is 1. The number of alkyl halides is 3. The molecule has 2 aromatic heterocycles. The Morgan fingerprint density at radius 3 is 2.68 bits per heavy atom. The van der Waals surface area contributed by atoms with Gasteiger partial charge in [0.05, 0.1) is 11.3 Å². The van der Waals surface area contributed by atoms with Gasteiger partial charge in [-0.15, -0.1) is 28.1 Å². The van der Waals surface area contributed by atoms with Crippen LogP contribution >= 0.6 is 50.6 Å². The lowest BCUT2D eigenvalue weighted by Gasteiger charge is -2.09. The summed E-state index contributed by atoms with van der Waals surface area (Å²) in [6.45, 7) is 4.26. The van der Waals surface area contributed by atoms with E-state index in [0.717, 1.165) is 22.2 Å². The van der Waals surface area contributed by atoms with Gasteiger partial charge in [0, 0.05) is 39.1 Å². The second kappa shape index (κ2) is 11.8. The molecule has 4 rings (SSSR count). The molecule has 0 unspecified atom stereocenters. The first-order valence-corrected chi connectivity index (χ1v) is 13.6. The monoisotopic (exact) mass is 627 g/mol. The molecule has 4 aromatic rings. The Balaban J connectivity index is 1.39. The number of carbonyl (C=O) groups is 1. The Labute approximate surface area is 232 Å². The zero-order valence-corrected chi connectivity index (χ0v) is 22.9. The first kappa shape index (κ1) is 27.4. The van der Waals surface area contributed by atoms with Gasteiger partial charge in [-0.3, -0.25) is 9.36 Å². The quantitative estimate of drug-likeness (QED) is 0.155. The van der Waals surface area contributed by atoms with E-state index >= 15 is 0 Å². The molecule has 192 valence electrons. The molecule has 0 aliphatic rings. The van der Waals surface area contributed by atoms with Gasteiger partial charge < -0.3 is 5.32 Å². The fourth-order valence-corrected chi connectivity index (χ4v) is 5.36. The maximum Gasteiger partial charge on any atom is 0.416 e. The van der Waals surface area contributed by atoms with E-state index in [-0.39, 0.29) is 23.1 Å². The highest BCUT2D eigenvalue weighted by molar-refractivity contribution is 9.10. The van der Waals surface area contributed by atoms with Crippen LogP contribution in [0.5, 0.6) is 0 Å². The largest absolute Gasteiger partial charge is 0.416 e. The SMILES string of the molecule is C=CCn1c(SCC(=O)Nc2ncc(Cc3cc(C(F)(F)F)ccc3Cl)s2)nnc1-c1ccc(Br)cc1. The van der Waals surface area contributed by atoms with E-state index in [0.29, 0.717) is 33.1 Å². The van der Waals surface area contributed by atoms with Crippen LogP contribution in [0.15, 0.2) is 70.9 Å². The van der Waals surface area contributed by atoms with Crippen molar-refractivity contribution in [2.75, 3.05) is 11.1 Å². The van der Waals surface area contributed by atoms with Crippen LogP contribution in [0.4, 0.5) is 18.3 Å². The molecule has 0 bridgehead atoms. The van der Waals surface area contributed by atoms with E-state index in [2.05, 4.69) is 43.0 Å². The van der Waals surface area contributed by atoms with Gasteiger partial charge in [0.2, 0.25) is 5.91 Å². The summed E-state index contributed by atoms with van der Waals surface area (Å²) in [7, 11) is 0. The maximum atomic E-state index is 13.0. The van der Waals surface area contributed by atoms with Crippen LogP contribution in [0.25, 0.3) is 11.4 Å². The molecular weight excluding hydrogens is 611 g/mol. The predicted octanol–water partition coefficient (Wildman–Crippen LogP) is 7.34. The summed E-state index contributed by atoms with van der Waals surface area (Å²) in [5.74, 6) is 0.416. The number of nitrogens with one attached hydrogen (secondary N) is 1. The van der Waals surface area contributed by atoms with E-state index in [1.807, 2.05) is 28.8 Å². The third-order valence-electron chi connectivity index (χ3n) is 5.00. The molecule has 0 fully saturated rings. The highest BCUT2D eigenvalue weighted by atomic mass is 79.9. The van der Waals surface area contributed by atoms with E-state index in [1.54, 1.807) is 6.08 Å². The molecule has 0 radical (unpaired) electrons. The molecule has 2 heterocycles. The van der Waals surface area contributed by atoms with Crippen LogP contribution in [-0.2, 0) is 23.9 Å². The lowest BCUT2D eigenvalue weighted by molar-refractivity contribution is -0.137. The van der Waals surface area contributed by atoms with Crippen molar-refractivity contribution in [3.05, 3.63) is 86.8 Å². The third kappa shape index (κ3) is 7.01. The normalized spacial score (nSPS) is 11.5. The number of thioether (sulfide) groups is 1. The zero-order chi connectivity index (χ0) is 26.6. The molecule has 0 saturated heterocycles. The van der Waals surface area contributed by atoms with E-state index < -0.39 is 11.7 Å². The lowest BCUT2D eigenvalue weighted by Crippen LogP contribution is -2.14. The maximum absolute atomic E-state index is 13.0. The average molecular weight is 629 g/mol. The van der Waals surface area contributed by atoms with Crippen LogP contribution in [0.2, 0.25) is 5.02 Å². The summed E-state index contributed by atoms with van der Waals surface area (Å²) in [6.07, 6.45) is -1.06. The van der Waals surface area contributed by atoms with Gasteiger partial charge in [-0.25, -0.2) is 4.98 Å². The molecule has 0 aliphatic carbocycles. The summed E-state index contributed by atoms with van der Waals surface area (Å²) in [5.41, 5.74) is 0.441. The van der Waals surface area contributed by atoms with Crippen LogP contribution in [0, 0.1) is 0 Å². The number of rotatable bonds is 9. The van der Waals surface area contributed by atoms with Gasteiger partial charge in [-0.05, 0) is 35.9 Å². The Kier molecular flexibility index (Phi) is 8.73.